The molecule has 0 radical (unpaired) electrons. The highest BCUT2D eigenvalue weighted by Gasteiger charge is 2.20. The van der Waals surface area contributed by atoms with Crippen molar-refractivity contribution in [3.05, 3.63) is 95.6 Å². The summed E-state index contributed by atoms with van der Waals surface area (Å²) in [6.07, 6.45) is 0. The van der Waals surface area contributed by atoms with Crippen molar-refractivity contribution in [1.82, 2.24) is 10.2 Å². The Balaban J connectivity index is 1.63. The molecule has 146 valence electrons. The molecule has 0 bridgehead atoms. The number of rotatable bonds is 6. The minimum atomic E-state index is -0.323. The van der Waals surface area contributed by atoms with Crippen molar-refractivity contribution in [2.75, 3.05) is 7.11 Å². The van der Waals surface area contributed by atoms with Gasteiger partial charge in [-0.2, -0.15) is 0 Å². The molecule has 0 aliphatic heterocycles. The number of nitrogens with zero attached hydrogens (tertiary/aromatic N) is 2. The number of ether oxygens (including phenoxy) is 1. The predicted molar refractivity (Wildman–Crippen MR) is 107 cm³/mol. The van der Waals surface area contributed by atoms with Crippen LogP contribution in [0.25, 0.3) is 11.5 Å². The van der Waals surface area contributed by atoms with Crippen LogP contribution in [0.2, 0.25) is 0 Å². The molecule has 0 atom stereocenters. The Hall–Kier alpha value is -3.19. The first kappa shape index (κ1) is 19.1. The van der Waals surface area contributed by atoms with E-state index < -0.39 is 0 Å². The second-order valence-corrected chi connectivity index (χ2v) is 7.26. The molecule has 4 nitrogen and oxygen atoms in total. The zero-order valence-electron chi connectivity index (χ0n) is 15.4. The van der Waals surface area contributed by atoms with Crippen LogP contribution in [0.15, 0.2) is 82.4 Å². The third-order valence-corrected chi connectivity index (χ3v) is 5.45. The monoisotopic (exact) mass is 410 g/mol. The number of hydrogen-bond donors (Lipinski definition) is 0. The molecule has 4 aromatic rings. The summed E-state index contributed by atoms with van der Waals surface area (Å²) in [5, 5.41) is 8.33. The summed E-state index contributed by atoms with van der Waals surface area (Å²) >= 11 is 1.32. The molecule has 0 amide bonds. The Morgan fingerprint density at radius 2 is 1.34 bits per heavy atom. The lowest BCUT2D eigenvalue weighted by Gasteiger charge is -2.15. The second-order valence-electron chi connectivity index (χ2n) is 6.20. The number of aromatic nitrogens is 2. The molecule has 1 heterocycles. The molecule has 0 aliphatic carbocycles. The van der Waals surface area contributed by atoms with Crippen LogP contribution in [0, 0.1) is 11.6 Å². The molecule has 4 rings (SSSR count). The van der Waals surface area contributed by atoms with Gasteiger partial charge >= 0.3 is 0 Å². The molecule has 7 heteroatoms. The van der Waals surface area contributed by atoms with Crippen LogP contribution >= 0.6 is 11.8 Å². The van der Waals surface area contributed by atoms with Gasteiger partial charge in [-0.15, -0.1) is 10.2 Å². The van der Waals surface area contributed by atoms with Gasteiger partial charge in [0.25, 0.3) is 5.22 Å². The number of benzene rings is 3. The fraction of sp³-hybridized carbons (Fsp3) is 0.0909. The first-order valence-corrected chi connectivity index (χ1v) is 9.66. The van der Waals surface area contributed by atoms with Gasteiger partial charge in [0.05, 0.1) is 12.4 Å². The van der Waals surface area contributed by atoms with Crippen molar-refractivity contribution in [3.63, 3.8) is 0 Å². The maximum atomic E-state index is 13.4. The summed E-state index contributed by atoms with van der Waals surface area (Å²) in [5.74, 6) is 0.468. The predicted octanol–water partition coefficient (Wildman–Crippen LogP) is 5.91. The van der Waals surface area contributed by atoms with E-state index in [1.807, 2.05) is 24.3 Å². The van der Waals surface area contributed by atoms with E-state index in [1.54, 1.807) is 31.4 Å². The fourth-order valence-electron chi connectivity index (χ4n) is 2.81. The molecule has 0 spiro atoms. The quantitative estimate of drug-likeness (QED) is 0.370. The first-order chi connectivity index (χ1) is 14.1. The van der Waals surface area contributed by atoms with E-state index in [0.717, 1.165) is 22.4 Å². The molecular formula is C22H16F2N2O2S. The second kappa shape index (κ2) is 8.45. The molecule has 0 N–H and O–H groups in total. The van der Waals surface area contributed by atoms with Crippen LogP contribution < -0.4 is 4.74 Å². The van der Waals surface area contributed by atoms with Gasteiger partial charge < -0.3 is 9.15 Å². The molecule has 0 aliphatic rings. The number of methoxy groups -OCH3 is 1. The maximum absolute atomic E-state index is 13.4. The van der Waals surface area contributed by atoms with Crippen molar-refractivity contribution < 1.29 is 17.9 Å². The minimum absolute atomic E-state index is 0.264. The van der Waals surface area contributed by atoms with E-state index >= 15 is 0 Å². The molecule has 0 saturated heterocycles. The average Bonchev–Trinajstić information content (AvgIpc) is 3.22. The summed E-state index contributed by atoms with van der Waals surface area (Å²) < 4.78 is 37.7. The zero-order valence-corrected chi connectivity index (χ0v) is 16.2. The van der Waals surface area contributed by atoms with E-state index in [1.165, 1.54) is 36.0 Å². The van der Waals surface area contributed by atoms with Gasteiger partial charge in [-0.1, -0.05) is 36.0 Å². The van der Waals surface area contributed by atoms with E-state index in [0.29, 0.717) is 11.1 Å². The highest BCUT2D eigenvalue weighted by atomic mass is 32.2. The van der Waals surface area contributed by atoms with E-state index in [-0.39, 0.29) is 16.9 Å². The van der Waals surface area contributed by atoms with Gasteiger partial charge in [-0.05, 0) is 59.7 Å². The van der Waals surface area contributed by atoms with E-state index in [4.69, 9.17) is 9.15 Å². The van der Waals surface area contributed by atoms with E-state index in [2.05, 4.69) is 10.2 Å². The fourth-order valence-corrected chi connectivity index (χ4v) is 3.82. The molecule has 3 aromatic carbocycles. The Morgan fingerprint density at radius 3 is 1.86 bits per heavy atom. The van der Waals surface area contributed by atoms with Gasteiger partial charge in [-0.3, -0.25) is 0 Å². The van der Waals surface area contributed by atoms with Crippen LogP contribution in [0.1, 0.15) is 16.4 Å². The normalized spacial score (nSPS) is 11.0. The summed E-state index contributed by atoms with van der Waals surface area (Å²) in [7, 11) is 1.60. The Kier molecular flexibility index (Phi) is 5.57. The highest BCUT2D eigenvalue weighted by Crippen LogP contribution is 2.40. The standard InChI is InChI=1S/C22H16F2N2O2S/c1-27-19-12-6-16(7-13-19)21-25-26-22(28-21)29-20(14-2-8-17(23)9-3-14)15-4-10-18(24)11-5-15/h2-13,20H,1H3. The molecule has 0 unspecified atom stereocenters. The first-order valence-electron chi connectivity index (χ1n) is 8.78. The lowest BCUT2D eigenvalue weighted by Crippen LogP contribution is -1.97. The molecule has 0 saturated carbocycles. The van der Waals surface area contributed by atoms with Crippen molar-refractivity contribution >= 4 is 11.8 Å². The summed E-state index contributed by atoms with van der Waals surface area (Å²) in [5.41, 5.74) is 2.45. The van der Waals surface area contributed by atoms with E-state index in [9.17, 15) is 8.78 Å². The van der Waals surface area contributed by atoms with Crippen molar-refractivity contribution in [3.8, 4) is 17.2 Å². The Labute approximate surface area is 170 Å². The summed E-state index contributed by atoms with van der Waals surface area (Å²) in [6.45, 7) is 0. The molecule has 29 heavy (non-hydrogen) atoms. The lowest BCUT2D eigenvalue weighted by atomic mass is 10.0. The van der Waals surface area contributed by atoms with Crippen molar-refractivity contribution in [1.29, 1.82) is 0 Å². The molecule has 0 fully saturated rings. The average molecular weight is 410 g/mol. The van der Waals surface area contributed by atoms with Crippen LogP contribution in [0.3, 0.4) is 0 Å². The Morgan fingerprint density at radius 1 is 0.793 bits per heavy atom. The highest BCUT2D eigenvalue weighted by molar-refractivity contribution is 7.99. The smallest absolute Gasteiger partial charge is 0.277 e. The third-order valence-electron chi connectivity index (χ3n) is 4.31. The Bertz CT molecular complexity index is 1040. The number of hydrogen-bond acceptors (Lipinski definition) is 5. The molecule has 1 aromatic heterocycles. The van der Waals surface area contributed by atoms with Crippen LogP contribution in [0.4, 0.5) is 8.78 Å². The van der Waals surface area contributed by atoms with Crippen LogP contribution in [-0.2, 0) is 0 Å². The van der Waals surface area contributed by atoms with Gasteiger partial charge in [0.15, 0.2) is 0 Å². The molecular weight excluding hydrogens is 394 g/mol. The number of halogens is 2. The van der Waals surface area contributed by atoms with Gasteiger partial charge in [-0.25, -0.2) is 8.78 Å². The third kappa shape index (κ3) is 4.46. The summed E-state index contributed by atoms with van der Waals surface area (Å²) in [6, 6.07) is 19.6. The van der Waals surface area contributed by atoms with Gasteiger partial charge in [0, 0.05) is 5.56 Å². The van der Waals surface area contributed by atoms with Gasteiger partial charge in [0.1, 0.15) is 17.4 Å². The van der Waals surface area contributed by atoms with Crippen LogP contribution in [-0.4, -0.2) is 17.3 Å². The SMILES string of the molecule is COc1ccc(-c2nnc(SC(c3ccc(F)cc3)c3ccc(F)cc3)o2)cc1. The van der Waals surface area contributed by atoms with Crippen LogP contribution in [0.5, 0.6) is 5.75 Å². The largest absolute Gasteiger partial charge is 0.497 e. The minimum Gasteiger partial charge on any atom is -0.497 e. The maximum Gasteiger partial charge on any atom is 0.277 e. The number of thioether (sulfide) groups is 1. The lowest BCUT2D eigenvalue weighted by molar-refractivity contribution is 0.414. The van der Waals surface area contributed by atoms with Gasteiger partial charge in [0.2, 0.25) is 5.89 Å². The topological polar surface area (TPSA) is 48.2 Å². The summed E-state index contributed by atoms with van der Waals surface area (Å²) in [4.78, 5) is 0. The van der Waals surface area contributed by atoms with Crippen molar-refractivity contribution in [2.24, 2.45) is 0 Å². The zero-order chi connectivity index (χ0) is 20.2. The van der Waals surface area contributed by atoms with Crippen molar-refractivity contribution in [2.45, 2.75) is 10.5 Å².